The van der Waals surface area contributed by atoms with Crippen LogP contribution in [0, 0.1) is 11.8 Å². The van der Waals surface area contributed by atoms with Gasteiger partial charge in [0.15, 0.2) is 0 Å². The van der Waals surface area contributed by atoms with Crippen LogP contribution in [0.25, 0.3) is 0 Å². The van der Waals surface area contributed by atoms with Crippen molar-refractivity contribution in [1.29, 1.82) is 0 Å². The van der Waals surface area contributed by atoms with E-state index in [-0.39, 0.29) is 31.3 Å². The fourth-order valence-electron chi connectivity index (χ4n) is 3.09. The highest BCUT2D eigenvalue weighted by Gasteiger charge is 2.22. The molecule has 216 valence electrons. The number of allylic oxidation sites excluding steroid dienone is 3. The molecular weight excluding hydrogens is 520 g/mol. The molecule has 0 aliphatic carbocycles. The molecule has 1 aromatic carbocycles. The topological polar surface area (TPSA) is 116 Å². The van der Waals surface area contributed by atoms with Crippen molar-refractivity contribution < 1.29 is 38.5 Å². The number of carboxylic acid groups (broad SMARTS) is 1. The number of carboxylic acids is 1. The van der Waals surface area contributed by atoms with Crippen molar-refractivity contribution in [3.63, 3.8) is 0 Å². The van der Waals surface area contributed by atoms with Crippen LogP contribution in [0.3, 0.4) is 0 Å². The lowest BCUT2D eigenvalue weighted by atomic mass is 9.94. The van der Waals surface area contributed by atoms with Crippen LogP contribution in [0.15, 0.2) is 60.4 Å². The fourth-order valence-corrected chi connectivity index (χ4v) is 3.67. The van der Waals surface area contributed by atoms with Crippen LogP contribution in [0.1, 0.15) is 49.5 Å². The van der Waals surface area contributed by atoms with E-state index < -0.39 is 33.9 Å². The summed E-state index contributed by atoms with van der Waals surface area (Å²) in [6.45, 7) is 9.22. The standard InChI is InChI=1S/C30H42O8S/c1-8-26(38-28(33)21(2)3)15-9-22(4)20-37-29(34)24-12-10-23(11-13-24)19-25(14-16-27(31)32)30(35)36-17-18-39(5,6)7/h8-13,15,21,25H,1,14,16-20H2,2-7H3,(H,31,32)/b22-9+,26-15+. The Kier molecular flexibility index (Phi) is 14.3. The van der Waals surface area contributed by atoms with Crippen molar-refractivity contribution in [3.8, 4) is 0 Å². The summed E-state index contributed by atoms with van der Waals surface area (Å²) in [4.78, 5) is 48.0. The first-order valence-corrected chi connectivity index (χ1v) is 15.8. The van der Waals surface area contributed by atoms with E-state index in [2.05, 4.69) is 25.3 Å². The van der Waals surface area contributed by atoms with Gasteiger partial charge in [0.05, 0.1) is 24.0 Å². The summed E-state index contributed by atoms with van der Waals surface area (Å²) in [5.74, 6) is -2.03. The third kappa shape index (κ3) is 14.4. The molecule has 0 radical (unpaired) electrons. The number of carbonyl (C=O) groups excluding carboxylic acids is 3. The molecule has 0 heterocycles. The molecule has 9 heteroatoms. The molecule has 0 aromatic heterocycles. The number of rotatable bonds is 16. The van der Waals surface area contributed by atoms with Crippen LogP contribution in [-0.2, 0) is 35.0 Å². The molecule has 0 saturated heterocycles. The van der Waals surface area contributed by atoms with Crippen molar-refractivity contribution in [2.24, 2.45) is 11.8 Å². The number of esters is 3. The van der Waals surface area contributed by atoms with E-state index in [1.165, 1.54) is 6.08 Å². The van der Waals surface area contributed by atoms with Gasteiger partial charge >= 0.3 is 23.9 Å². The maximum atomic E-state index is 12.6. The van der Waals surface area contributed by atoms with Gasteiger partial charge in [-0.25, -0.2) is 14.8 Å². The Morgan fingerprint density at radius 3 is 2.18 bits per heavy atom. The summed E-state index contributed by atoms with van der Waals surface area (Å²) in [5.41, 5.74) is 1.86. The van der Waals surface area contributed by atoms with Crippen LogP contribution in [0.4, 0.5) is 0 Å². The van der Waals surface area contributed by atoms with Crippen molar-refractivity contribution >= 4 is 33.9 Å². The van der Waals surface area contributed by atoms with Gasteiger partial charge in [0, 0.05) is 12.2 Å². The number of ether oxygens (including phenoxy) is 3. The third-order valence-electron chi connectivity index (χ3n) is 5.51. The highest BCUT2D eigenvalue weighted by Crippen LogP contribution is 2.33. The van der Waals surface area contributed by atoms with Gasteiger partial charge in [-0.2, -0.15) is 0 Å². The first-order valence-electron chi connectivity index (χ1n) is 12.7. The third-order valence-corrected chi connectivity index (χ3v) is 6.90. The molecule has 0 saturated carbocycles. The zero-order valence-corrected chi connectivity index (χ0v) is 24.7. The van der Waals surface area contributed by atoms with E-state index in [0.29, 0.717) is 24.4 Å². The second-order valence-corrected chi connectivity index (χ2v) is 15.0. The van der Waals surface area contributed by atoms with Crippen LogP contribution in [0.5, 0.6) is 0 Å². The van der Waals surface area contributed by atoms with Crippen molar-refractivity contribution in [3.05, 3.63) is 71.5 Å². The monoisotopic (exact) mass is 562 g/mol. The predicted octanol–water partition coefficient (Wildman–Crippen LogP) is 5.32. The van der Waals surface area contributed by atoms with E-state index in [4.69, 9.17) is 19.3 Å². The maximum absolute atomic E-state index is 12.6. The number of benzene rings is 1. The van der Waals surface area contributed by atoms with E-state index in [1.54, 1.807) is 57.2 Å². The van der Waals surface area contributed by atoms with E-state index >= 15 is 0 Å². The number of hydrogen-bond acceptors (Lipinski definition) is 7. The molecule has 0 aliphatic heterocycles. The molecule has 1 atom stereocenters. The average Bonchev–Trinajstić information content (AvgIpc) is 2.86. The van der Waals surface area contributed by atoms with Gasteiger partial charge in [0.25, 0.3) is 0 Å². The largest absolute Gasteiger partial charge is 0.481 e. The molecule has 0 aliphatic rings. The minimum absolute atomic E-state index is 0.0407. The average molecular weight is 563 g/mol. The SMILES string of the molecule is C=C/C(=C\C=C(/C)COC(=O)c1ccc(CC(CCC(=O)O)C(=O)OCCS(C)(C)C)cc1)OC(=O)C(C)C. The number of aliphatic carboxylic acids is 1. The first kappa shape index (κ1) is 33.7. The molecule has 1 aromatic rings. The van der Waals surface area contributed by atoms with Crippen LogP contribution in [0.2, 0.25) is 0 Å². The Morgan fingerprint density at radius 2 is 1.64 bits per heavy atom. The van der Waals surface area contributed by atoms with Gasteiger partial charge in [-0.05, 0) is 74.0 Å². The van der Waals surface area contributed by atoms with Gasteiger partial charge in [-0.1, -0.05) is 38.6 Å². The second-order valence-electron chi connectivity index (χ2n) is 10.4. The summed E-state index contributed by atoms with van der Waals surface area (Å²) in [5, 5.41) is 9.08. The molecule has 8 nitrogen and oxygen atoms in total. The lowest BCUT2D eigenvalue weighted by molar-refractivity contribution is -0.148. The van der Waals surface area contributed by atoms with E-state index in [0.717, 1.165) is 16.9 Å². The lowest BCUT2D eigenvalue weighted by Crippen LogP contribution is -2.23. The zero-order valence-electron chi connectivity index (χ0n) is 23.9. The minimum atomic E-state index is -0.970. The van der Waals surface area contributed by atoms with Crippen molar-refractivity contribution in [1.82, 2.24) is 0 Å². The Hall–Kier alpha value is -3.33. The zero-order chi connectivity index (χ0) is 29.6. The second kappa shape index (κ2) is 16.6. The molecule has 0 bridgehead atoms. The van der Waals surface area contributed by atoms with Crippen LogP contribution >= 0.6 is 10.0 Å². The van der Waals surface area contributed by atoms with Gasteiger partial charge in [0.1, 0.15) is 12.4 Å². The molecule has 1 unspecified atom stereocenters. The highest BCUT2D eigenvalue weighted by molar-refractivity contribution is 8.32. The lowest BCUT2D eigenvalue weighted by Gasteiger charge is -2.25. The maximum Gasteiger partial charge on any atom is 0.338 e. The molecule has 1 rings (SSSR count). The fraction of sp³-hybridized carbons (Fsp3) is 0.467. The molecular formula is C30H42O8S. The Balaban J connectivity index is 2.75. The predicted molar refractivity (Wildman–Crippen MR) is 155 cm³/mol. The van der Waals surface area contributed by atoms with Crippen molar-refractivity contribution in [2.75, 3.05) is 37.7 Å². The van der Waals surface area contributed by atoms with Crippen LogP contribution in [-0.4, -0.2) is 66.7 Å². The van der Waals surface area contributed by atoms with E-state index in [9.17, 15) is 19.2 Å². The number of carbonyl (C=O) groups is 4. The summed E-state index contributed by atoms with van der Waals surface area (Å²) in [7, 11) is -0.812. The summed E-state index contributed by atoms with van der Waals surface area (Å²) < 4.78 is 16.0. The summed E-state index contributed by atoms with van der Waals surface area (Å²) in [6, 6.07) is 6.67. The normalized spacial score (nSPS) is 13.4. The number of hydrogen-bond donors (Lipinski definition) is 1. The molecule has 1 N–H and O–H groups in total. The van der Waals surface area contributed by atoms with Gasteiger partial charge in [-0.15, -0.1) is 0 Å². The highest BCUT2D eigenvalue weighted by atomic mass is 32.3. The molecule has 0 spiro atoms. The summed E-state index contributed by atoms with van der Waals surface area (Å²) in [6.07, 6.45) is 11.4. The van der Waals surface area contributed by atoms with Gasteiger partial charge in [0.2, 0.25) is 0 Å². The summed E-state index contributed by atoms with van der Waals surface area (Å²) >= 11 is 0. The van der Waals surface area contributed by atoms with Crippen LogP contribution < -0.4 is 0 Å². The quantitative estimate of drug-likeness (QED) is 0.125. The minimum Gasteiger partial charge on any atom is -0.481 e. The Bertz CT molecular complexity index is 1060. The first-order chi connectivity index (χ1) is 18.2. The smallest absolute Gasteiger partial charge is 0.338 e. The Morgan fingerprint density at radius 1 is 1.00 bits per heavy atom. The Labute approximate surface area is 233 Å². The van der Waals surface area contributed by atoms with Crippen molar-refractivity contribution in [2.45, 2.75) is 40.0 Å². The van der Waals surface area contributed by atoms with E-state index in [1.807, 2.05) is 0 Å². The van der Waals surface area contributed by atoms with Gasteiger partial charge in [-0.3, -0.25) is 14.4 Å². The van der Waals surface area contributed by atoms with Gasteiger partial charge < -0.3 is 19.3 Å². The molecule has 39 heavy (non-hydrogen) atoms. The molecule has 0 fully saturated rings. The molecule has 0 amide bonds.